The number of carbonyl (C=O) groups excluding carboxylic acids is 1. The second-order valence-corrected chi connectivity index (χ2v) is 5.14. The maximum Gasteiger partial charge on any atom is 0.314 e. The van der Waals surface area contributed by atoms with Crippen LogP contribution in [0.2, 0.25) is 0 Å². The summed E-state index contributed by atoms with van der Waals surface area (Å²) in [5, 5.41) is 0. The quantitative estimate of drug-likeness (QED) is 0.659. The first kappa shape index (κ1) is 14.4. The minimum atomic E-state index is -0.680. The zero-order valence-electron chi connectivity index (χ0n) is 11.7. The molecule has 0 aliphatic rings. The van der Waals surface area contributed by atoms with Crippen molar-refractivity contribution in [1.82, 2.24) is 0 Å². The summed E-state index contributed by atoms with van der Waals surface area (Å²) < 4.78 is 10.4. The molecule has 1 aromatic carbocycles. The van der Waals surface area contributed by atoms with Gasteiger partial charge in [0, 0.05) is 11.8 Å². The minimum Gasteiger partial charge on any atom is -0.492 e. The fraction of sp³-hybridized carbons (Fsp3) is 0.500. The molecule has 0 aliphatic carbocycles. The minimum absolute atomic E-state index is 0.253. The van der Waals surface area contributed by atoms with Gasteiger partial charge in [-0.2, -0.15) is 0 Å². The molecule has 0 spiro atoms. The Balaban J connectivity index is 2.81. The van der Waals surface area contributed by atoms with Gasteiger partial charge in [-0.25, -0.2) is 0 Å². The second kappa shape index (κ2) is 5.29. The largest absolute Gasteiger partial charge is 0.492 e. The second-order valence-electron chi connectivity index (χ2n) is 5.14. The number of benzene rings is 1. The number of nitrogen functional groups attached to an aromatic ring is 1. The molecule has 4 heteroatoms. The Morgan fingerprint density at radius 3 is 2.44 bits per heavy atom. The molecule has 18 heavy (non-hydrogen) atoms. The van der Waals surface area contributed by atoms with Crippen LogP contribution in [0.25, 0.3) is 0 Å². The molecule has 0 atom stereocenters. The molecule has 0 unspecified atom stereocenters. The Kier molecular flexibility index (Phi) is 4.22. The van der Waals surface area contributed by atoms with Crippen molar-refractivity contribution in [2.24, 2.45) is 5.41 Å². The third-order valence-corrected chi connectivity index (χ3v) is 2.89. The third-order valence-electron chi connectivity index (χ3n) is 2.89. The highest BCUT2D eigenvalue weighted by atomic mass is 16.5. The third kappa shape index (κ3) is 3.15. The van der Waals surface area contributed by atoms with Crippen molar-refractivity contribution >= 4 is 11.7 Å². The molecule has 0 bridgehead atoms. The van der Waals surface area contributed by atoms with Gasteiger partial charge in [-0.05, 0) is 38.8 Å². The number of esters is 1. The number of ether oxygens (including phenoxy) is 2. The molecule has 0 fully saturated rings. The molecule has 0 aromatic heterocycles. The van der Waals surface area contributed by atoms with Gasteiger partial charge < -0.3 is 15.2 Å². The van der Waals surface area contributed by atoms with Crippen molar-refractivity contribution in [3.05, 3.63) is 23.3 Å². The summed E-state index contributed by atoms with van der Waals surface area (Å²) in [5.74, 6) is 0.412. The lowest BCUT2D eigenvalue weighted by Crippen LogP contribution is -2.32. The van der Waals surface area contributed by atoms with Gasteiger partial charge in [0.1, 0.15) is 12.4 Å². The van der Waals surface area contributed by atoms with Crippen LogP contribution in [0.15, 0.2) is 12.1 Å². The first-order valence-electron chi connectivity index (χ1n) is 5.86. The van der Waals surface area contributed by atoms with Gasteiger partial charge in [-0.15, -0.1) is 0 Å². The highest BCUT2D eigenvalue weighted by Gasteiger charge is 2.29. The molecule has 4 nitrogen and oxygen atoms in total. The predicted molar refractivity (Wildman–Crippen MR) is 71.6 cm³/mol. The van der Waals surface area contributed by atoms with Crippen LogP contribution >= 0.6 is 0 Å². The van der Waals surface area contributed by atoms with Crippen LogP contribution in [-0.4, -0.2) is 19.7 Å². The van der Waals surface area contributed by atoms with Crippen LogP contribution in [0.5, 0.6) is 5.75 Å². The summed E-state index contributed by atoms with van der Waals surface area (Å²) in [4.78, 5) is 11.5. The zero-order valence-corrected chi connectivity index (χ0v) is 11.7. The zero-order chi connectivity index (χ0) is 13.9. The number of anilines is 1. The summed E-state index contributed by atoms with van der Waals surface area (Å²) in [6, 6.07) is 3.76. The summed E-state index contributed by atoms with van der Waals surface area (Å²) in [5.41, 5.74) is 7.87. The molecule has 100 valence electrons. The summed E-state index contributed by atoms with van der Waals surface area (Å²) in [6.07, 6.45) is 0. The van der Waals surface area contributed by atoms with Crippen molar-refractivity contribution in [3.8, 4) is 5.75 Å². The molecule has 1 aromatic rings. The van der Waals surface area contributed by atoms with E-state index in [-0.39, 0.29) is 12.6 Å². The van der Waals surface area contributed by atoms with Gasteiger partial charge >= 0.3 is 5.97 Å². The van der Waals surface area contributed by atoms with E-state index in [9.17, 15) is 4.79 Å². The molecule has 1 rings (SSSR count). The molecular formula is C14H21NO3. The molecule has 2 N–H and O–H groups in total. The van der Waals surface area contributed by atoms with Gasteiger partial charge in [0.05, 0.1) is 12.5 Å². The van der Waals surface area contributed by atoms with Crippen molar-refractivity contribution in [3.63, 3.8) is 0 Å². The summed E-state index contributed by atoms with van der Waals surface area (Å²) in [7, 11) is 1.37. The van der Waals surface area contributed by atoms with Gasteiger partial charge in [-0.3, -0.25) is 4.79 Å². The fourth-order valence-electron chi connectivity index (χ4n) is 1.60. The molecule has 0 aliphatic heterocycles. The Morgan fingerprint density at radius 2 is 1.89 bits per heavy atom. The Bertz CT molecular complexity index is 453. The first-order valence-corrected chi connectivity index (χ1v) is 5.86. The van der Waals surface area contributed by atoms with E-state index in [0.29, 0.717) is 11.4 Å². The predicted octanol–water partition coefficient (Wildman–Crippen LogP) is 2.46. The van der Waals surface area contributed by atoms with Crippen LogP contribution in [0.1, 0.15) is 25.0 Å². The maximum atomic E-state index is 11.5. The monoisotopic (exact) mass is 251 g/mol. The number of hydrogen-bond acceptors (Lipinski definition) is 4. The van der Waals surface area contributed by atoms with Gasteiger partial charge in [-0.1, -0.05) is 6.07 Å². The maximum absolute atomic E-state index is 11.5. The SMILES string of the molecule is COC(=O)C(C)(C)COc1cc(N)c(C)cc1C. The van der Waals surface area contributed by atoms with Gasteiger partial charge in [0.15, 0.2) is 0 Å². The molecule has 0 saturated heterocycles. The van der Waals surface area contributed by atoms with Crippen LogP contribution in [0, 0.1) is 19.3 Å². The molecule has 0 amide bonds. The van der Waals surface area contributed by atoms with Gasteiger partial charge in [0.25, 0.3) is 0 Å². The molecule has 0 saturated carbocycles. The Labute approximate surface area is 108 Å². The Hall–Kier alpha value is -1.71. The van der Waals surface area contributed by atoms with E-state index in [1.165, 1.54) is 7.11 Å². The summed E-state index contributed by atoms with van der Waals surface area (Å²) >= 11 is 0. The van der Waals surface area contributed by atoms with E-state index in [4.69, 9.17) is 15.2 Å². The lowest BCUT2D eigenvalue weighted by Gasteiger charge is -2.22. The Morgan fingerprint density at radius 1 is 1.28 bits per heavy atom. The molecule has 0 heterocycles. The van der Waals surface area contributed by atoms with E-state index in [1.54, 1.807) is 19.9 Å². The highest BCUT2D eigenvalue weighted by Crippen LogP contribution is 2.27. The molecular weight excluding hydrogens is 230 g/mol. The van der Waals surface area contributed by atoms with Crippen LogP contribution in [0.3, 0.4) is 0 Å². The number of nitrogens with two attached hydrogens (primary N) is 1. The van der Waals surface area contributed by atoms with Crippen molar-refractivity contribution in [1.29, 1.82) is 0 Å². The van der Waals surface area contributed by atoms with Gasteiger partial charge in [0.2, 0.25) is 0 Å². The fourth-order valence-corrected chi connectivity index (χ4v) is 1.60. The van der Waals surface area contributed by atoms with Crippen molar-refractivity contribution in [2.45, 2.75) is 27.7 Å². The number of carbonyl (C=O) groups is 1. The summed E-state index contributed by atoms with van der Waals surface area (Å²) in [6.45, 7) is 7.72. The van der Waals surface area contributed by atoms with Crippen LogP contribution < -0.4 is 10.5 Å². The van der Waals surface area contributed by atoms with Crippen molar-refractivity contribution < 1.29 is 14.3 Å². The van der Waals surface area contributed by atoms with Crippen LogP contribution in [-0.2, 0) is 9.53 Å². The lowest BCUT2D eigenvalue weighted by atomic mass is 9.95. The normalized spacial score (nSPS) is 11.2. The van der Waals surface area contributed by atoms with E-state index in [0.717, 1.165) is 11.1 Å². The van der Waals surface area contributed by atoms with E-state index < -0.39 is 5.41 Å². The highest BCUT2D eigenvalue weighted by molar-refractivity contribution is 5.75. The number of aryl methyl sites for hydroxylation is 2. The lowest BCUT2D eigenvalue weighted by molar-refractivity contribution is -0.152. The van der Waals surface area contributed by atoms with Crippen LogP contribution in [0.4, 0.5) is 5.69 Å². The van der Waals surface area contributed by atoms with E-state index in [1.807, 2.05) is 19.9 Å². The smallest absolute Gasteiger partial charge is 0.314 e. The van der Waals surface area contributed by atoms with E-state index in [2.05, 4.69) is 0 Å². The van der Waals surface area contributed by atoms with E-state index >= 15 is 0 Å². The average Bonchev–Trinajstić information content (AvgIpc) is 2.31. The number of rotatable bonds is 4. The van der Waals surface area contributed by atoms with Crippen molar-refractivity contribution in [2.75, 3.05) is 19.5 Å². The molecule has 0 radical (unpaired) electrons. The average molecular weight is 251 g/mol. The topological polar surface area (TPSA) is 61.5 Å². The number of methoxy groups -OCH3 is 1. The first-order chi connectivity index (χ1) is 8.27. The number of hydrogen-bond donors (Lipinski definition) is 1. The standard InChI is InChI=1S/C14H21NO3/c1-9-6-10(2)12(7-11(9)15)18-8-14(3,4)13(16)17-5/h6-7H,8,15H2,1-5H3.